The van der Waals surface area contributed by atoms with Gasteiger partial charge in [-0.25, -0.2) is 17.9 Å². The van der Waals surface area contributed by atoms with E-state index in [1.54, 1.807) is 29.2 Å². The Morgan fingerprint density at radius 2 is 1.55 bits per heavy atom. The lowest BCUT2D eigenvalue weighted by Crippen LogP contribution is -2.51. The number of nitrogens with zero attached hydrogens (tertiary/aromatic N) is 2. The minimum atomic E-state index is -3.96. The number of anilines is 2. The first-order valence-electron chi connectivity index (χ1n) is 13.1. The number of likely N-dealkylation sites (tertiary alicyclic amines) is 1. The first kappa shape index (κ1) is 27.4. The molecule has 0 spiro atoms. The van der Waals surface area contributed by atoms with E-state index in [1.807, 2.05) is 74.5 Å². The Labute approximate surface area is 233 Å². The molecular formula is C31H31N3O5S. The molecule has 5 rings (SSSR count). The molecule has 4 aromatic carbocycles. The van der Waals surface area contributed by atoms with Crippen LogP contribution in [0.1, 0.15) is 29.3 Å². The molecule has 0 aliphatic carbocycles. The average molecular weight is 558 g/mol. The van der Waals surface area contributed by atoms with Gasteiger partial charge in [0.05, 0.1) is 10.6 Å². The van der Waals surface area contributed by atoms with Gasteiger partial charge < -0.3 is 10.0 Å². The quantitative estimate of drug-likeness (QED) is 0.312. The maximum Gasteiger partial charge on any atom is 0.407 e. The van der Waals surface area contributed by atoms with E-state index in [4.69, 9.17) is 0 Å². The van der Waals surface area contributed by atoms with Crippen molar-refractivity contribution in [2.45, 2.75) is 31.2 Å². The first-order valence-corrected chi connectivity index (χ1v) is 14.6. The van der Waals surface area contributed by atoms with Gasteiger partial charge in [-0.1, -0.05) is 67.6 Å². The number of benzene rings is 4. The van der Waals surface area contributed by atoms with E-state index in [0.717, 1.165) is 5.56 Å². The zero-order valence-electron chi connectivity index (χ0n) is 22.3. The van der Waals surface area contributed by atoms with Crippen LogP contribution in [-0.2, 0) is 10.0 Å². The molecule has 0 aromatic heterocycles. The number of hydrogen-bond acceptors (Lipinski definition) is 4. The second-order valence-corrected chi connectivity index (χ2v) is 11.8. The Hall–Kier alpha value is -4.21. The fourth-order valence-corrected chi connectivity index (χ4v) is 6.91. The van der Waals surface area contributed by atoms with Crippen molar-refractivity contribution in [2.24, 2.45) is 5.92 Å². The van der Waals surface area contributed by atoms with Crippen molar-refractivity contribution >= 4 is 44.2 Å². The predicted octanol–water partition coefficient (Wildman–Crippen LogP) is 5.79. The standard InChI is InChI=1S/C31H31N3O5S/c1-21-10-6-7-13-24(21)30(35)34(23-11-4-3-5-12-23)28-16-17-29(26-15-9-8-14-25(26)28)40(38,39)32-27-18-19-33(31(36)37)20-22(27)2/h3-17,22,27,32H,18-20H2,1-2H3,(H,36,37)/t22-,27-/m0/s1. The van der Waals surface area contributed by atoms with Crippen molar-refractivity contribution in [3.8, 4) is 0 Å². The van der Waals surface area contributed by atoms with Gasteiger partial charge in [-0.3, -0.25) is 9.69 Å². The Balaban J connectivity index is 1.58. The average Bonchev–Trinajstić information content (AvgIpc) is 2.95. The van der Waals surface area contributed by atoms with E-state index in [1.165, 1.54) is 11.0 Å². The summed E-state index contributed by atoms with van der Waals surface area (Å²) in [7, 11) is -3.96. The SMILES string of the molecule is Cc1ccccc1C(=O)N(c1ccccc1)c1ccc(S(=O)(=O)N[C@H]2CCN(C(=O)O)C[C@@H]2C)c2ccccc12. The molecule has 9 heteroatoms. The molecule has 0 bridgehead atoms. The van der Waals surface area contributed by atoms with Gasteiger partial charge in [0.1, 0.15) is 0 Å². The fourth-order valence-electron chi connectivity index (χ4n) is 5.32. The van der Waals surface area contributed by atoms with Crippen LogP contribution in [0.15, 0.2) is 95.9 Å². The monoisotopic (exact) mass is 557 g/mol. The molecular weight excluding hydrogens is 526 g/mol. The topological polar surface area (TPSA) is 107 Å². The van der Waals surface area contributed by atoms with Crippen LogP contribution >= 0.6 is 0 Å². The van der Waals surface area contributed by atoms with Gasteiger partial charge in [0.25, 0.3) is 5.91 Å². The van der Waals surface area contributed by atoms with Crippen LogP contribution in [0, 0.1) is 12.8 Å². The summed E-state index contributed by atoms with van der Waals surface area (Å²) in [5.41, 5.74) is 2.62. The summed E-state index contributed by atoms with van der Waals surface area (Å²) < 4.78 is 30.2. The van der Waals surface area contributed by atoms with Crippen LogP contribution in [0.3, 0.4) is 0 Å². The molecule has 0 radical (unpaired) electrons. The molecule has 1 aliphatic rings. The molecule has 1 saturated heterocycles. The first-order chi connectivity index (χ1) is 19.2. The summed E-state index contributed by atoms with van der Waals surface area (Å²) in [6.45, 7) is 4.26. The van der Waals surface area contributed by atoms with Crippen molar-refractivity contribution < 1.29 is 23.1 Å². The van der Waals surface area contributed by atoms with Crippen molar-refractivity contribution in [3.63, 3.8) is 0 Å². The van der Waals surface area contributed by atoms with Crippen molar-refractivity contribution in [1.82, 2.24) is 9.62 Å². The number of carboxylic acid groups (broad SMARTS) is 1. The molecule has 4 aromatic rings. The summed E-state index contributed by atoms with van der Waals surface area (Å²) in [4.78, 5) is 28.4. The summed E-state index contributed by atoms with van der Waals surface area (Å²) >= 11 is 0. The van der Waals surface area contributed by atoms with Crippen LogP contribution < -0.4 is 9.62 Å². The summed E-state index contributed by atoms with van der Waals surface area (Å²) in [6, 6.07) is 26.6. The molecule has 40 heavy (non-hydrogen) atoms. The zero-order valence-corrected chi connectivity index (χ0v) is 23.1. The van der Waals surface area contributed by atoms with Crippen molar-refractivity contribution in [2.75, 3.05) is 18.0 Å². The highest BCUT2D eigenvalue weighted by Gasteiger charge is 2.33. The number of piperidine rings is 1. The molecule has 206 valence electrons. The number of amides is 2. The summed E-state index contributed by atoms with van der Waals surface area (Å²) in [5.74, 6) is -0.410. The van der Waals surface area contributed by atoms with E-state index >= 15 is 0 Å². The van der Waals surface area contributed by atoms with E-state index in [-0.39, 0.29) is 29.8 Å². The largest absolute Gasteiger partial charge is 0.465 e. The number of rotatable bonds is 6. The van der Waals surface area contributed by atoms with E-state index < -0.39 is 22.2 Å². The van der Waals surface area contributed by atoms with Crippen LogP contribution in [0.2, 0.25) is 0 Å². The van der Waals surface area contributed by atoms with Crippen LogP contribution in [-0.4, -0.2) is 49.6 Å². The Bertz CT molecular complexity index is 1670. The third kappa shape index (κ3) is 5.30. The third-order valence-electron chi connectivity index (χ3n) is 7.47. The van der Waals surface area contributed by atoms with E-state index in [0.29, 0.717) is 34.1 Å². The summed E-state index contributed by atoms with van der Waals surface area (Å²) in [6.07, 6.45) is -0.618. The van der Waals surface area contributed by atoms with E-state index in [9.17, 15) is 23.1 Å². The van der Waals surface area contributed by atoms with Gasteiger partial charge in [0, 0.05) is 41.2 Å². The minimum absolute atomic E-state index is 0.107. The Kier molecular flexibility index (Phi) is 7.60. The highest BCUT2D eigenvalue weighted by molar-refractivity contribution is 7.89. The molecule has 2 N–H and O–H groups in total. The number of nitrogens with one attached hydrogen (secondary N) is 1. The zero-order chi connectivity index (χ0) is 28.4. The second-order valence-electron chi connectivity index (χ2n) is 10.1. The van der Waals surface area contributed by atoms with Gasteiger partial charge in [0.15, 0.2) is 0 Å². The Morgan fingerprint density at radius 1 is 0.900 bits per heavy atom. The number of carbonyl (C=O) groups is 2. The molecule has 8 nitrogen and oxygen atoms in total. The van der Waals surface area contributed by atoms with Gasteiger partial charge in [-0.15, -0.1) is 0 Å². The minimum Gasteiger partial charge on any atom is -0.465 e. The van der Waals surface area contributed by atoms with Crippen molar-refractivity contribution in [3.05, 3.63) is 102 Å². The summed E-state index contributed by atoms with van der Waals surface area (Å²) in [5, 5.41) is 10.4. The third-order valence-corrected chi connectivity index (χ3v) is 9.01. The number of aryl methyl sites for hydroxylation is 1. The molecule has 0 unspecified atom stereocenters. The highest BCUT2D eigenvalue weighted by Crippen LogP contribution is 2.37. The fraction of sp³-hybridized carbons (Fsp3) is 0.226. The lowest BCUT2D eigenvalue weighted by atomic mass is 9.95. The normalized spacial score (nSPS) is 17.5. The number of hydrogen-bond donors (Lipinski definition) is 2. The molecule has 1 fully saturated rings. The van der Waals surface area contributed by atoms with Gasteiger partial charge in [-0.2, -0.15) is 0 Å². The molecule has 1 aliphatic heterocycles. The van der Waals surface area contributed by atoms with Gasteiger partial charge >= 0.3 is 6.09 Å². The van der Waals surface area contributed by atoms with Crippen LogP contribution in [0.4, 0.5) is 16.2 Å². The Morgan fingerprint density at radius 3 is 2.23 bits per heavy atom. The predicted molar refractivity (Wildman–Crippen MR) is 156 cm³/mol. The van der Waals surface area contributed by atoms with E-state index in [2.05, 4.69) is 4.72 Å². The smallest absolute Gasteiger partial charge is 0.407 e. The lowest BCUT2D eigenvalue weighted by molar-refractivity contribution is 0.0998. The van der Waals surface area contributed by atoms with Gasteiger partial charge in [-0.05, 0) is 55.2 Å². The second kappa shape index (κ2) is 11.1. The molecule has 0 saturated carbocycles. The number of fused-ring (bicyclic) bond motifs is 1. The molecule has 2 amide bonds. The van der Waals surface area contributed by atoms with Gasteiger partial charge in [0.2, 0.25) is 10.0 Å². The maximum absolute atomic E-state index is 14.0. The van der Waals surface area contributed by atoms with Crippen LogP contribution in [0.25, 0.3) is 10.8 Å². The lowest BCUT2D eigenvalue weighted by Gasteiger charge is -2.35. The molecule has 2 atom stereocenters. The number of carbonyl (C=O) groups excluding carboxylic acids is 1. The number of para-hydroxylation sites is 1. The maximum atomic E-state index is 14.0. The number of sulfonamides is 1. The molecule has 1 heterocycles. The highest BCUT2D eigenvalue weighted by atomic mass is 32.2. The van der Waals surface area contributed by atoms with Crippen molar-refractivity contribution in [1.29, 1.82) is 0 Å². The van der Waals surface area contributed by atoms with Crippen LogP contribution in [0.5, 0.6) is 0 Å².